The van der Waals surface area contributed by atoms with Crippen LogP contribution in [0.5, 0.6) is 0 Å². The van der Waals surface area contributed by atoms with E-state index in [1.54, 1.807) is 0 Å². The minimum atomic E-state index is -0.0650. The normalized spacial score (nSPS) is 13.7. The molecule has 3 aliphatic rings. The minimum absolute atomic E-state index is 0.0650. The van der Waals surface area contributed by atoms with Gasteiger partial charge in [0.15, 0.2) is 46.6 Å². The number of nitrogens with zero attached hydrogens (tertiary/aromatic N) is 10. The van der Waals surface area contributed by atoms with Gasteiger partial charge in [0.05, 0.1) is 22.4 Å². The van der Waals surface area contributed by atoms with Gasteiger partial charge < -0.3 is 0 Å². The Morgan fingerprint density at radius 3 is 0.852 bits per heavy atom. The number of hydrogen-bond acceptors (Lipinski definition) is 10. The lowest BCUT2D eigenvalue weighted by atomic mass is 9.61. The third kappa shape index (κ3) is 8.72. The molecular weight excluding hydrogens is 1080 g/mol. The van der Waals surface area contributed by atoms with Gasteiger partial charge in [-0.15, -0.1) is 0 Å². The second-order valence-corrected chi connectivity index (χ2v) is 22.2. The van der Waals surface area contributed by atoms with E-state index in [-0.39, 0.29) is 11.8 Å². The molecule has 2 unspecified atom stereocenters. The second kappa shape index (κ2) is 21.0. The van der Waals surface area contributed by atoms with Crippen molar-refractivity contribution in [2.75, 3.05) is 0 Å². The van der Waals surface area contributed by atoms with Crippen LogP contribution in [0.3, 0.4) is 0 Å². The lowest BCUT2D eigenvalue weighted by molar-refractivity contribution is 0.754. The monoisotopic (exact) mass is 1120 g/mol. The van der Waals surface area contributed by atoms with E-state index in [2.05, 4.69) is 121 Å². The standard InChI is InChI=1S/C78H48N10/c1-5-23-47(24-6-1)71-79-65-39-21-19-37-61(65)69(81-71)57-33-15-17-35-59(57)77-85-73(49-27-9-3-10-28-49)83-75(87-77)51-41-43-55-63(45-51)67-53-31-13-14-32-54(53)68(55)64-46-52(42-44-56(64)67)76-84-74(50-29-11-4-12-30-50)86-78(88-76)60-36-18-16-34-58(60)70-62-38-20-22-40-66(62)80-72(82-70)48-25-7-2-8-26-48/h1-46,67-68H. The van der Waals surface area contributed by atoms with Crippen LogP contribution >= 0.6 is 0 Å². The Bertz CT molecular complexity index is 4910. The fourth-order valence-electron chi connectivity index (χ4n) is 12.9. The van der Waals surface area contributed by atoms with Crippen LogP contribution < -0.4 is 0 Å². The number of aromatic nitrogens is 10. The Kier molecular flexibility index (Phi) is 12.1. The number of fused-ring (bicyclic) bond motifs is 2. The SMILES string of the molecule is c1ccc(-c2nc(-c3ccc4c(c3)C3c5ccccc5C4c4cc(-c5nc(-c6ccccc6)nc(-c6ccccc6-c6nc(-c7ccccc7)nc7ccccc67)n5)ccc43)nc(-c3ccccc3-c3nc(-c4ccccc4)nc4ccccc34)n2)cc1. The Balaban J connectivity index is 0.790. The highest BCUT2D eigenvalue weighted by atomic mass is 15.0. The molecule has 88 heavy (non-hydrogen) atoms. The van der Waals surface area contributed by atoms with E-state index in [0.29, 0.717) is 46.6 Å². The van der Waals surface area contributed by atoms with E-state index in [9.17, 15) is 0 Å². The molecule has 0 fully saturated rings. The van der Waals surface area contributed by atoms with Crippen molar-refractivity contribution in [3.63, 3.8) is 0 Å². The lowest BCUT2D eigenvalue weighted by Crippen LogP contribution is -2.27. The highest BCUT2D eigenvalue weighted by Crippen LogP contribution is 2.57. The van der Waals surface area contributed by atoms with E-state index in [1.807, 2.05) is 158 Å². The molecule has 410 valence electrons. The maximum atomic E-state index is 5.41. The topological polar surface area (TPSA) is 129 Å². The van der Waals surface area contributed by atoms with Gasteiger partial charge in [-0.3, -0.25) is 0 Å². The number of benzene rings is 11. The first kappa shape index (κ1) is 50.6. The molecule has 0 saturated heterocycles. The summed E-state index contributed by atoms with van der Waals surface area (Å²) in [6, 6.07) is 95.9. The molecule has 0 spiro atoms. The zero-order valence-electron chi connectivity index (χ0n) is 47.2. The van der Waals surface area contributed by atoms with E-state index in [4.69, 9.17) is 49.8 Å². The lowest BCUT2D eigenvalue weighted by Gasteiger charge is -2.42. The summed E-state index contributed by atoms with van der Waals surface area (Å²) < 4.78 is 0. The first-order valence-electron chi connectivity index (χ1n) is 29.5. The van der Waals surface area contributed by atoms with Crippen molar-refractivity contribution in [2.24, 2.45) is 0 Å². The number of rotatable bonds is 10. The van der Waals surface area contributed by atoms with Crippen LogP contribution in [0.25, 0.3) is 135 Å². The van der Waals surface area contributed by atoms with Gasteiger partial charge in [0.2, 0.25) is 0 Å². The van der Waals surface area contributed by atoms with Crippen LogP contribution in [-0.2, 0) is 0 Å². The van der Waals surface area contributed by atoms with Crippen molar-refractivity contribution < 1.29 is 0 Å². The molecule has 2 atom stereocenters. The molecule has 0 saturated carbocycles. The van der Waals surface area contributed by atoms with Crippen molar-refractivity contribution in [3.8, 4) is 114 Å². The Hall–Kier alpha value is -11.9. The molecule has 0 aliphatic heterocycles. The van der Waals surface area contributed by atoms with Crippen molar-refractivity contribution in [3.05, 3.63) is 312 Å². The molecule has 10 heteroatoms. The molecule has 15 aromatic rings. The van der Waals surface area contributed by atoms with E-state index < -0.39 is 0 Å². The number of hydrogen-bond donors (Lipinski definition) is 0. The first-order chi connectivity index (χ1) is 43.6. The molecule has 18 rings (SSSR count). The van der Waals surface area contributed by atoms with Crippen molar-refractivity contribution in [1.82, 2.24) is 49.8 Å². The zero-order chi connectivity index (χ0) is 58.1. The molecule has 4 heterocycles. The van der Waals surface area contributed by atoms with Crippen molar-refractivity contribution in [1.29, 1.82) is 0 Å². The number of para-hydroxylation sites is 2. The summed E-state index contributed by atoms with van der Waals surface area (Å²) in [6.45, 7) is 0. The van der Waals surface area contributed by atoms with Crippen molar-refractivity contribution >= 4 is 21.8 Å². The summed E-state index contributed by atoms with van der Waals surface area (Å²) in [5, 5.41) is 1.87. The molecule has 10 nitrogen and oxygen atoms in total. The van der Waals surface area contributed by atoms with Gasteiger partial charge in [0.25, 0.3) is 0 Å². The molecule has 4 aromatic heterocycles. The second-order valence-electron chi connectivity index (χ2n) is 22.2. The Labute approximate surface area is 506 Å². The summed E-state index contributed by atoms with van der Waals surface area (Å²) in [5.74, 6) is 4.58. The van der Waals surface area contributed by atoms with Gasteiger partial charge in [-0.25, -0.2) is 49.8 Å². The van der Waals surface area contributed by atoms with Crippen molar-refractivity contribution in [2.45, 2.75) is 11.8 Å². The Morgan fingerprint density at radius 2 is 0.466 bits per heavy atom. The average Bonchev–Trinajstić information content (AvgIpc) is 0.760. The zero-order valence-corrected chi connectivity index (χ0v) is 47.2. The average molecular weight is 1130 g/mol. The molecule has 2 bridgehead atoms. The van der Waals surface area contributed by atoms with Crippen LogP contribution in [-0.4, -0.2) is 49.8 Å². The molecule has 0 amide bonds. The fourth-order valence-corrected chi connectivity index (χ4v) is 12.9. The fraction of sp³-hybridized carbons (Fsp3) is 0.0256. The van der Waals surface area contributed by atoms with Gasteiger partial charge in [0, 0.05) is 78.2 Å². The van der Waals surface area contributed by atoms with Crippen LogP contribution in [0.4, 0.5) is 0 Å². The van der Waals surface area contributed by atoms with E-state index in [0.717, 1.165) is 88.8 Å². The van der Waals surface area contributed by atoms with Gasteiger partial charge in [0.1, 0.15) is 0 Å². The predicted octanol–water partition coefficient (Wildman–Crippen LogP) is 17.6. The van der Waals surface area contributed by atoms with Gasteiger partial charge in [-0.1, -0.05) is 255 Å². The maximum absolute atomic E-state index is 5.41. The van der Waals surface area contributed by atoms with Gasteiger partial charge >= 0.3 is 0 Å². The first-order valence-corrected chi connectivity index (χ1v) is 29.5. The largest absolute Gasteiger partial charge is 0.228 e. The summed E-state index contributed by atoms with van der Waals surface area (Å²) in [7, 11) is 0. The molecular formula is C78H48N10. The minimum Gasteiger partial charge on any atom is -0.228 e. The highest BCUT2D eigenvalue weighted by molar-refractivity contribution is 5.99. The summed E-state index contributed by atoms with van der Waals surface area (Å²) >= 11 is 0. The molecule has 0 radical (unpaired) electrons. The summed E-state index contributed by atoms with van der Waals surface area (Å²) in [5.41, 5.74) is 19.7. The van der Waals surface area contributed by atoms with Gasteiger partial charge in [-0.2, -0.15) is 0 Å². The van der Waals surface area contributed by atoms with Crippen LogP contribution in [0.1, 0.15) is 45.2 Å². The third-order valence-electron chi connectivity index (χ3n) is 17.0. The Morgan fingerprint density at radius 1 is 0.182 bits per heavy atom. The summed E-state index contributed by atoms with van der Waals surface area (Å²) in [4.78, 5) is 52.6. The smallest absolute Gasteiger partial charge is 0.164 e. The van der Waals surface area contributed by atoms with Gasteiger partial charge in [-0.05, 0) is 57.6 Å². The quantitative estimate of drug-likeness (QED) is 0.130. The summed E-state index contributed by atoms with van der Waals surface area (Å²) in [6.07, 6.45) is 0. The predicted molar refractivity (Wildman–Crippen MR) is 349 cm³/mol. The molecule has 0 N–H and O–H groups in total. The third-order valence-corrected chi connectivity index (χ3v) is 17.0. The van der Waals surface area contributed by atoms with Crippen LogP contribution in [0, 0.1) is 0 Å². The maximum Gasteiger partial charge on any atom is 0.164 e. The van der Waals surface area contributed by atoms with Crippen LogP contribution in [0.15, 0.2) is 279 Å². The van der Waals surface area contributed by atoms with Crippen LogP contribution in [0.2, 0.25) is 0 Å². The van der Waals surface area contributed by atoms with E-state index in [1.165, 1.54) is 33.4 Å². The molecule has 11 aromatic carbocycles. The molecule has 3 aliphatic carbocycles. The highest BCUT2D eigenvalue weighted by Gasteiger charge is 2.42. The van der Waals surface area contributed by atoms with E-state index >= 15 is 0 Å².